The number of rotatable bonds is 2. The predicted octanol–water partition coefficient (Wildman–Crippen LogP) is 3.47. The molecular formula is C11H8ClF3N4. The number of benzene rings is 1. The van der Waals surface area contributed by atoms with E-state index in [-0.39, 0.29) is 10.8 Å². The normalized spacial score (nSPS) is 11.4. The van der Waals surface area contributed by atoms with Crippen molar-refractivity contribution in [1.82, 2.24) is 10.2 Å². The van der Waals surface area contributed by atoms with E-state index in [0.29, 0.717) is 11.5 Å². The van der Waals surface area contributed by atoms with Crippen molar-refractivity contribution in [3.63, 3.8) is 0 Å². The fourth-order valence-electron chi connectivity index (χ4n) is 1.34. The monoisotopic (exact) mass is 288 g/mol. The van der Waals surface area contributed by atoms with Crippen molar-refractivity contribution in [1.29, 1.82) is 0 Å². The largest absolute Gasteiger partial charge is 0.416 e. The first-order valence-corrected chi connectivity index (χ1v) is 5.47. The van der Waals surface area contributed by atoms with Crippen LogP contribution in [0.15, 0.2) is 30.3 Å². The fourth-order valence-corrected chi connectivity index (χ4v) is 1.57. The first-order chi connectivity index (χ1) is 8.86. The second-order valence-corrected chi connectivity index (χ2v) is 4.07. The SMILES string of the molecule is Nc1ccc(Nc2ccc(C(F)(F)F)cc2Cl)nn1. The zero-order chi connectivity index (χ0) is 14.0. The number of nitrogen functional groups attached to an aromatic ring is 1. The van der Waals surface area contributed by atoms with Crippen molar-refractivity contribution in [2.24, 2.45) is 0 Å². The van der Waals surface area contributed by atoms with E-state index < -0.39 is 11.7 Å². The smallest absolute Gasteiger partial charge is 0.382 e. The van der Waals surface area contributed by atoms with Gasteiger partial charge in [-0.25, -0.2) is 0 Å². The van der Waals surface area contributed by atoms with Crippen LogP contribution in [0.2, 0.25) is 5.02 Å². The molecule has 1 aromatic carbocycles. The van der Waals surface area contributed by atoms with Gasteiger partial charge in [-0.2, -0.15) is 13.2 Å². The minimum Gasteiger partial charge on any atom is -0.382 e. The van der Waals surface area contributed by atoms with Gasteiger partial charge in [-0.15, -0.1) is 10.2 Å². The Morgan fingerprint density at radius 3 is 2.37 bits per heavy atom. The maximum atomic E-state index is 12.5. The molecule has 0 atom stereocenters. The average molecular weight is 289 g/mol. The Morgan fingerprint density at radius 2 is 1.84 bits per heavy atom. The second-order valence-electron chi connectivity index (χ2n) is 3.66. The highest BCUT2D eigenvalue weighted by atomic mass is 35.5. The van der Waals surface area contributed by atoms with E-state index in [1.807, 2.05) is 0 Å². The van der Waals surface area contributed by atoms with Gasteiger partial charge in [0.05, 0.1) is 16.3 Å². The van der Waals surface area contributed by atoms with Crippen LogP contribution in [0.3, 0.4) is 0 Å². The summed E-state index contributed by atoms with van der Waals surface area (Å²) in [7, 11) is 0. The van der Waals surface area contributed by atoms with Gasteiger partial charge < -0.3 is 11.1 Å². The van der Waals surface area contributed by atoms with Crippen molar-refractivity contribution in [2.45, 2.75) is 6.18 Å². The lowest BCUT2D eigenvalue weighted by Crippen LogP contribution is -2.05. The molecule has 8 heteroatoms. The zero-order valence-electron chi connectivity index (χ0n) is 9.37. The zero-order valence-corrected chi connectivity index (χ0v) is 10.1. The summed E-state index contributed by atoms with van der Waals surface area (Å²) in [5.74, 6) is 0.569. The van der Waals surface area contributed by atoms with Crippen molar-refractivity contribution in [3.05, 3.63) is 40.9 Å². The predicted molar refractivity (Wildman–Crippen MR) is 66.2 cm³/mol. The van der Waals surface area contributed by atoms with E-state index in [0.717, 1.165) is 12.1 Å². The van der Waals surface area contributed by atoms with Crippen LogP contribution in [-0.4, -0.2) is 10.2 Å². The molecule has 0 saturated heterocycles. The summed E-state index contributed by atoms with van der Waals surface area (Å²) in [4.78, 5) is 0. The molecule has 2 aromatic rings. The Kier molecular flexibility index (Phi) is 3.48. The average Bonchev–Trinajstić information content (AvgIpc) is 2.33. The molecule has 0 saturated carbocycles. The van der Waals surface area contributed by atoms with Crippen LogP contribution in [-0.2, 0) is 6.18 Å². The number of aromatic nitrogens is 2. The number of alkyl halides is 3. The molecule has 1 heterocycles. The van der Waals surface area contributed by atoms with E-state index in [2.05, 4.69) is 15.5 Å². The van der Waals surface area contributed by atoms with Crippen molar-refractivity contribution < 1.29 is 13.2 Å². The van der Waals surface area contributed by atoms with E-state index in [1.54, 1.807) is 0 Å². The van der Waals surface area contributed by atoms with Gasteiger partial charge in [0.2, 0.25) is 0 Å². The molecule has 0 unspecified atom stereocenters. The molecule has 0 aliphatic heterocycles. The van der Waals surface area contributed by atoms with Crippen LogP contribution in [0.4, 0.5) is 30.5 Å². The van der Waals surface area contributed by atoms with Gasteiger partial charge in [0, 0.05) is 0 Å². The van der Waals surface area contributed by atoms with E-state index in [4.69, 9.17) is 17.3 Å². The van der Waals surface area contributed by atoms with Gasteiger partial charge in [-0.3, -0.25) is 0 Å². The number of nitrogens with one attached hydrogen (secondary N) is 1. The summed E-state index contributed by atoms with van der Waals surface area (Å²) in [6.45, 7) is 0. The van der Waals surface area contributed by atoms with E-state index in [9.17, 15) is 13.2 Å². The molecule has 100 valence electrons. The topological polar surface area (TPSA) is 63.8 Å². The maximum Gasteiger partial charge on any atom is 0.416 e. The third kappa shape index (κ3) is 3.25. The summed E-state index contributed by atoms with van der Waals surface area (Å²) in [5.41, 5.74) is 4.85. The van der Waals surface area contributed by atoms with Gasteiger partial charge in [-0.1, -0.05) is 11.6 Å². The van der Waals surface area contributed by atoms with Gasteiger partial charge in [0.1, 0.15) is 5.82 Å². The first kappa shape index (κ1) is 13.4. The number of nitrogens with zero attached hydrogens (tertiary/aromatic N) is 2. The van der Waals surface area contributed by atoms with Crippen LogP contribution in [0, 0.1) is 0 Å². The lowest BCUT2D eigenvalue weighted by molar-refractivity contribution is -0.137. The number of hydrogen-bond acceptors (Lipinski definition) is 4. The number of hydrogen-bond donors (Lipinski definition) is 2. The van der Waals surface area contributed by atoms with Gasteiger partial charge in [0.25, 0.3) is 0 Å². The third-order valence-corrected chi connectivity index (χ3v) is 2.56. The lowest BCUT2D eigenvalue weighted by atomic mass is 10.2. The van der Waals surface area contributed by atoms with Gasteiger partial charge in [0.15, 0.2) is 5.82 Å². The minimum atomic E-state index is -4.43. The van der Waals surface area contributed by atoms with E-state index in [1.165, 1.54) is 18.2 Å². The standard InChI is InChI=1S/C11H8ClF3N4/c12-7-5-6(11(13,14)15)1-2-8(7)17-10-4-3-9(16)18-19-10/h1-5H,(H2,16,18)(H,17,19). The van der Waals surface area contributed by atoms with Crippen LogP contribution < -0.4 is 11.1 Å². The molecule has 3 N–H and O–H groups in total. The van der Waals surface area contributed by atoms with Crippen molar-refractivity contribution in [3.8, 4) is 0 Å². The Bertz CT molecular complexity index is 583. The van der Waals surface area contributed by atoms with Crippen molar-refractivity contribution >= 4 is 28.9 Å². The molecule has 0 amide bonds. The molecule has 1 aromatic heterocycles. The summed E-state index contributed by atoms with van der Waals surface area (Å²) in [6.07, 6.45) is -4.43. The highest BCUT2D eigenvalue weighted by molar-refractivity contribution is 6.33. The molecule has 0 aliphatic carbocycles. The lowest BCUT2D eigenvalue weighted by Gasteiger charge is -2.11. The number of nitrogens with two attached hydrogens (primary N) is 1. The summed E-state index contributed by atoms with van der Waals surface area (Å²) in [5, 5.41) is 10.0. The van der Waals surface area contributed by atoms with E-state index >= 15 is 0 Å². The fraction of sp³-hybridized carbons (Fsp3) is 0.0909. The van der Waals surface area contributed by atoms with Gasteiger partial charge >= 0.3 is 6.18 Å². The number of anilines is 3. The minimum absolute atomic E-state index is 0.0616. The second kappa shape index (κ2) is 4.93. The van der Waals surface area contributed by atoms with Crippen molar-refractivity contribution in [2.75, 3.05) is 11.1 Å². The molecule has 0 radical (unpaired) electrons. The molecule has 0 bridgehead atoms. The maximum absolute atomic E-state index is 12.5. The van der Waals surface area contributed by atoms with Crippen LogP contribution in [0.5, 0.6) is 0 Å². The molecule has 0 fully saturated rings. The highest BCUT2D eigenvalue weighted by Crippen LogP contribution is 2.34. The Hall–Kier alpha value is -2.02. The van der Waals surface area contributed by atoms with Crippen LogP contribution in [0.1, 0.15) is 5.56 Å². The summed E-state index contributed by atoms with van der Waals surface area (Å²) in [6, 6.07) is 6.04. The quantitative estimate of drug-likeness (QED) is 0.888. The highest BCUT2D eigenvalue weighted by Gasteiger charge is 2.30. The van der Waals surface area contributed by atoms with Gasteiger partial charge in [-0.05, 0) is 30.3 Å². The molecular weight excluding hydrogens is 281 g/mol. The number of halogens is 4. The van der Waals surface area contributed by atoms with Crippen LogP contribution in [0.25, 0.3) is 0 Å². The Labute approximate surface area is 111 Å². The Morgan fingerprint density at radius 1 is 1.11 bits per heavy atom. The molecule has 0 aliphatic rings. The summed E-state index contributed by atoms with van der Waals surface area (Å²) < 4.78 is 37.4. The first-order valence-electron chi connectivity index (χ1n) is 5.09. The molecule has 2 rings (SSSR count). The molecule has 4 nitrogen and oxygen atoms in total. The Balaban J connectivity index is 2.24. The molecule has 0 spiro atoms. The van der Waals surface area contributed by atoms with Crippen LogP contribution >= 0.6 is 11.6 Å². The summed E-state index contributed by atoms with van der Waals surface area (Å²) >= 11 is 5.78. The molecule has 19 heavy (non-hydrogen) atoms. The third-order valence-electron chi connectivity index (χ3n) is 2.24.